The highest BCUT2D eigenvalue weighted by atomic mass is 16.5. The van der Waals surface area contributed by atoms with Gasteiger partial charge in [-0.3, -0.25) is 4.79 Å². The minimum absolute atomic E-state index is 0.180. The molecule has 0 spiro atoms. The Bertz CT molecular complexity index is 334. The van der Waals surface area contributed by atoms with Crippen LogP contribution in [-0.4, -0.2) is 25.6 Å². The Kier molecular flexibility index (Phi) is 4.08. The van der Waals surface area contributed by atoms with Crippen molar-refractivity contribution < 1.29 is 14.3 Å². The lowest BCUT2D eigenvalue weighted by molar-refractivity contribution is -0.131. The summed E-state index contributed by atoms with van der Waals surface area (Å²) in [5.41, 5.74) is 1.16. The van der Waals surface area contributed by atoms with E-state index in [0.717, 1.165) is 5.56 Å². The molecule has 0 aromatic heterocycles. The van der Waals surface area contributed by atoms with Crippen LogP contribution < -0.4 is 0 Å². The van der Waals surface area contributed by atoms with Gasteiger partial charge in [-0.2, -0.15) is 0 Å². The van der Waals surface area contributed by atoms with Crippen molar-refractivity contribution in [3.8, 4) is 0 Å². The molecule has 0 radical (unpaired) electrons. The summed E-state index contributed by atoms with van der Waals surface area (Å²) in [4.78, 5) is 11.1. The molecule has 0 N–H and O–H groups in total. The Balaban J connectivity index is 1.70. The lowest BCUT2D eigenvalue weighted by Gasteiger charge is -2.20. The van der Waals surface area contributed by atoms with Gasteiger partial charge in [-0.1, -0.05) is 30.3 Å². The topological polar surface area (TPSA) is 35.5 Å². The number of carbonyl (C=O) groups excluding carboxylic acids is 1. The zero-order chi connectivity index (χ0) is 11.2. The van der Waals surface area contributed by atoms with Gasteiger partial charge in [-0.25, -0.2) is 0 Å². The van der Waals surface area contributed by atoms with Crippen LogP contribution in [0.2, 0.25) is 0 Å². The second-order valence-corrected chi connectivity index (χ2v) is 4.12. The summed E-state index contributed by atoms with van der Waals surface area (Å²) in [6.07, 6.45) is 0.592. The van der Waals surface area contributed by atoms with Gasteiger partial charge < -0.3 is 9.47 Å². The molecule has 2 rings (SSSR count). The Labute approximate surface area is 95.4 Å². The molecule has 0 bridgehead atoms. The lowest BCUT2D eigenvalue weighted by Crippen LogP contribution is -2.28. The Morgan fingerprint density at radius 2 is 2.12 bits per heavy atom. The minimum atomic E-state index is 0.180. The first-order chi connectivity index (χ1) is 7.84. The molecular weight excluding hydrogens is 204 g/mol. The third-order valence-corrected chi connectivity index (χ3v) is 2.60. The number of hydrogen-bond acceptors (Lipinski definition) is 3. The molecule has 86 valence electrons. The lowest BCUT2D eigenvalue weighted by atomic mass is 10.0. The average molecular weight is 220 g/mol. The summed E-state index contributed by atoms with van der Waals surface area (Å²) < 4.78 is 10.7. The van der Waals surface area contributed by atoms with E-state index >= 15 is 0 Å². The molecule has 0 saturated carbocycles. The normalized spacial score (nSPS) is 21.0. The molecule has 3 heteroatoms. The van der Waals surface area contributed by atoms with Gasteiger partial charge in [0.1, 0.15) is 6.61 Å². The van der Waals surface area contributed by atoms with Crippen molar-refractivity contribution in [3.63, 3.8) is 0 Å². The molecule has 3 nitrogen and oxygen atoms in total. The van der Waals surface area contributed by atoms with Gasteiger partial charge in [-0.05, 0) is 5.56 Å². The summed E-state index contributed by atoms with van der Waals surface area (Å²) in [7, 11) is 0. The largest absolute Gasteiger partial charge is 0.376 e. The fraction of sp³-hybridized carbons (Fsp3) is 0.462. The first kappa shape index (κ1) is 11.3. The summed E-state index contributed by atoms with van der Waals surface area (Å²) in [5.74, 6) is 0.407. The first-order valence-electron chi connectivity index (χ1n) is 5.55. The van der Waals surface area contributed by atoms with E-state index < -0.39 is 0 Å². The molecule has 1 fully saturated rings. The van der Waals surface area contributed by atoms with Gasteiger partial charge >= 0.3 is 0 Å². The van der Waals surface area contributed by atoms with Crippen molar-refractivity contribution >= 4 is 5.78 Å². The van der Waals surface area contributed by atoms with Crippen LogP contribution in [0.1, 0.15) is 12.0 Å². The van der Waals surface area contributed by atoms with Gasteiger partial charge in [0, 0.05) is 12.3 Å². The van der Waals surface area contributed by atoms with Crippen LogP contribution in [0, 0.1) is 5.92 Å². The van der Waals surface area contributed by atoms with E-state index in [1.807, 2.05) is 30.3 Å². The molecule has 16 heavy (non-hydrogen) atoms. The van der Waals surface area contributed by atoms with Crippen LogP contribution in [0.4, 0.5) is 0 Å². The number of ether oxygens (including phenoxy) is 2. The Morgan fingerprint density at radius 1 is 1.31 bits per heavy atom. The van der Waals surface area contributed by atoms with Crippen LogP contribution in [-0.2, 0) is 20.9 Å². The second-order valence-electron chi connectivity index (χ2n) is 4.12. The number of rotatable bonds is 4. The SMILES string of the molecule is O=C1COC[C@@H](COCc2ccccc2)C1. The maximum atomic E-state index is 11.1. The molecule has 0 amide bonds. The molecule has 1 aliphatic rings. The Morgan fingerprint density at radius 3 is 2.88 bits per heavy atom. The van der Waals surface area contributed by atoms with Crippen LogP contribution in [0.5, 0.6) is 0 Å². The second kappa shape index (κ2) is 5.77. The zero-order valence-electron chi connectivity index (χ0n) is 9.22. The van der Waals surface area contributed by atoms with E-state index in [4.69, 9.17) is 9.47 Å². The van der Waals surface area contributed by atoms with Crippen molar-refractivity contribution in [3.05, 3.63) is 35.9 Å². The van der Waals surface area contributed by atoms with Crippen LogP contribution in [0.25, 0.3) is 0 Å². The van der Waals surface area contributed by atoms with Crippen LogP contribution >= 0.6 is 0 Å². The van der Waals surface area contributed by atoms with Gasteiger partial charge in [0.2, 0.25) is 0 Å². The van der Waals surface area contributed by atoms with Crippen molar-refractivity contribution in [1.82, 2.24) is 0 Å². The third kappa shape index (κ3) is 3.43. The molecule has 0 unspecified atom stereocenters. The molecule has 1 aliphatic heterocycles. The number of ketones is 1. The predicted molar refractivity (Wildman–Crippen MR) is 60.0 cm³/mol. The molecule has 0 aliphatic carbocycles. The summed E-state index contributed by atoms with van der Waals surface area (Å²) in [6.45, 7) is 2.11. The van der Waals surface area contributed by atoms with E-state index in [-0.39, 0.29) is 18.3 Å². The third-order valence-electron chi connectivity index (χ3n) is 2.60. The first-order valence-corrected chi connectivity index (χ1v) is 5.55. The predicted octanol–water partition coefficient (Wildman–Crippen LogP) is 1.81. The maximum Gasteiger partial charge on any atom is 0.158 e. The maximum absolute atomic E-state index is 11.1. The minimum Gasteiger partial charge on any atom is -0.376 e. The van der Waals surface area contributed by atoms with Crippen LogP contribution in [0.3, 0.4) is 0 Å². The van der Waals surface area contributed by atoms with Crippen molar-refractivity contribution in [2.75, 3.05) is 19.8 Å². The van der Waals surface area contributed by atoms with Gasteiger partial charge in [-0.15, -0.1) is 0 Å². The van der Waals surface area contributed by atoms with E-state index in [0.29, 0.717) is 26.2 Å². The van der Waals surface area contributed by atoms with Gasteiger partial charge in [0.25, 0.3) is 0 Å². The summed E-state index contributed by atoms with van der Waals surface area (Å²) >= 11 is 0. The molecule has 1 atom stereocenters. The Hall–Kier alpha value is -1.19. The van der Waals surface area contributed by atoms with E-state index in [2.05, 4.69) is 0 Å². The van der Waals surface area contributed by atoms with Crippen molar-refractivity contribution in [2.24, 2.45) is 5.92 Å². The van der Waals surface area contributed by atoms with Gasteiger partial charge in [0.05, 0.1) is 19.8 Å². The summed E-state index contributed by atoms with van der Waals surface area (Å²) in [6, 6.07) is 10.0. The van der Waals surface area contributed by atoms with E-state index in [1.54, 1.807) is 0 Å². The van der Waals surface area contributed by atoms with Crippen molar-refractivity contribution in [1.29, 1.82) is 0 Å². The monoisotopic (exact) mass is 220 g/mol. The number of benzene rings is 1. The quantitative estimate of drug-likeness (QED) is 0.776. The smallest absolute Gasteiger partial charge is 0.158 e. The van der Waals surface area contributed by atoms with Crippen LogP contribution in [0.15, 0.2) is 30.3 Å². The highest BCUT2D eigenvalue weighted by molar-refractivity contribution is 5.80. The molecule has 1 heterocycles. The molecular formula is C13H16O3. The molecule has 1 aromatic rings. The number of carbonyl (C=O) groups is 1. The average Bonchev–Trinajstić information content (AvgIpc) is 2.30. The highest BCUT2D eigenvalue weighted by Crippen LogP contribution is 2.12. The standard InChI is InChI=1S/C13H16O3/c14-13-6-12(9-16-10-13)8-15-7-11-4-2-1-3-5-11/h1-5,12H,6-10H2/t12-/m1/s1. The fourth-order valence-electron chi connectivity index (χ4n) is 1.80. The zero-order valence-corrected chi connectivity index (χ0v) is 9.22. The van der Waals surface area contributed by atoms with E-state index in [9.17, 15) is 4.79 Å². The number of Topliss-reactive ketones (excluding diaryl/α,β-unsaturated/α-hetero) is 1. The van der Waals surface area contributed by atoms with Gasteiger partial charge in [0.15, 0.2) is 5.78 Å². The molecule has 1 saturated heterocycles. The highest BCUT2D eigenvalue weighted by Gasteiger charge is 2.19. The van der Waals surface area contributed by atoms with Crippen molar-refractivity contribution in [2.45, 2.75) is 13.0 Å². The van der Waals surface area contributed by atoms with E-state index in [1.165, 1.54) is 0 Å². The number of hydrogen-bond donors (Lipinski definition) is 0. The fourth-order valence-corrected chi connectivity index (χ4v) is 1.80. The molecule has 1 aromatic carbocycles. The summed E-state index contributed by atoms with van der Waals surface area (Å²) in [5, 5.41) is 0.